The number of amides is 1. The Morgan fingerprint density at radius 2 is 2.14 bits per heavy atom. The fourth-order valence-electron chi connectivity index (χ4n) is 1.89. The van der Waals surface area contributed by atoms with Gasteiger partial charge < -0.3 is 5.32 Å². The second kappa shape index (κ2) is 6.89. The Morgan fingerprint density at radius 3 is 2.82 bits per heavy atom. The molecule has 0 saturated carbocycles. The molecule has 0 aliphatic rings. The van der Waals surface area contributed by atoms with E-state index in [1.165, 1.54) is 11.0 Å². The van der Waals surface area contributed by atoms with E-state index in [2.05, 4.69) is 21.2 Å². The lowest BCUT2D eigenvalue weighted by Crippen LogP contribution is -2.48. The highest BCUT2D eigenvalue weighted by Crippen LogP contribution is 2.21. The Bertz CT molecular complexity index is 729. The topological polar surface area (TPSA) is 70.5 Å². The summed E-state index contributed by atoms with van der Waals surface area (Å²) < 4.78 is 1.98. The number of hydrogen-bond donors (Lipinski definition) is 3. The van der Waals surface area contributed by atoms with Crippen LogP contribution in [0.4, 0.5) is 0 Å². The van der Waals surface area contributed by atoms with Gasteiger partial charge >= 0.3 is 0 Å². The monoisotopic (exact) mass is 337 g/mol. The van der Waals surface area contributed by atoms with E-state index in [0.29, 0.717) is 5.11 Å². The molecule has 0 radical (unpaired) electrons. The predicted molar refractivity (Wildman–Crippen MR) is 93.7 cm³/mol. The second-order valence-electron chi connectivity index (χ2n) is 5.15. The van der Waals surface area contributed by atoms with Crippen molar-refractivity contribution in [1.82, 2.24) is 25.6 Å². The molecule has 2 aromatic rings. The fourth-order valence-corrected chi connectivity index (χ4v) is 3.06. The SMILES string of the molecule is Cc1cn2c(/C=C/C(=O)NNC(=S)NC(C)C)c(C)nc2s1. The molecular formula is C14H19N5OS2. The third kappa shape index (κ3) is 4.05. The number of thiazole rings is 1. The van der Waals surface area contributed by atoms with Gasteiger partial charge in [-0.3, -0.25) is 20.0 Å². The molecule has 0 aliphatic carbocycles. The maximum Gasteiger partial charge on any atom is 0.262 e. The summed E-state index contributed by atoms with van der Waals surface area (Å²) in [5, 5.41) is 3.36. The molecule has 2 heterocycles. The number of imidazole rings is 1. The first-order chi connectivity index (χ1) is 10.4. The molecule has 0 atom stereocenters. The van der Waals surface area contributed by atoms with E-state index in [1.54, 1.807) is 17.4 Å². The molecule has 1 amide bonds. The van der Waals surface area contributed by atoms with Crippen LogP contribution in [0.15, 0.2) is 12.3 Å². The second-order valence-corrected chi connectivity index (χ2v) is 6.77. The quantitative estimate of drug-likeness (QED) is 0.454. The van der Waals surface area contributed by atoms with Gasteiger partial charge in [-0.25, -0.2) is 4.98 Å². The smallest absolute Gasteiger partial charge is 0.262 e. The van der Waals surface area contributed by atoms with Gasteiger partial charge in [-0.2, -0.15) is 0 Å². The van der Waals surface area contributed by atoms with Gasteiger partial charge in [0.25, 0.3) is 5.91 Å². The number of hydrazine groups is 1. The van der Waals surface area contributed by atoms with Crippen molar-refractivity contribution in [2.24, 2.45) is 0 Å². The number of aryl methyl sites for hydroxylation is 2. The Kier molecular flexibility index (Phi) is 5.15. The lowest BCUT2D eigenvalue weighted by molar-refractivity contribution is -0.116. The highest BCUT2D eigenvalue weighted by Gasteiger charge is 2.09. The normalized spacial score (nSPS) is 11.3. The van der Waals surface area contributed by atoms with Crippen LogP contribution in [0.3, 0.4) is 0 Å². The molecule has 2 aromatic heterocycles. The van der Waals surface area contributed by atoms with Gasteiger partial charge in [0.15, 0.2) is 10.1 Å². The largest absolute Gasteiger partial charge is 0.359 e. The first kappa shape index (κ1) is 16.4. The summed E-state index contributed by atoms with van der Waals surface area (Å²) in [6.45, 7) is 7.88. The minimum Gasteiger partial charge on any atom is -0.359 e. The van der Waals surface area contributed by atoms with Crippen LogP contribution in [0.2, 0.25) is 0 Å². The number of hydrogen-bond acceptors (Lipinski definition) is 4. The summed E-state index contributed by atoms with van der Waals surface area (Å²) in [4.78, 5) is 18.4. The summed E-state index contributed by atoms with van der Waals surface area (Å²) in [7, 11) is 0. The van der Waals surface area contributed by atoms with E-state index in [-0.39, 0.29) is 11.9 Å². The highest BCUT2D eigenvalue weighted by molar-refractivity contribution is 7.80. The van der Waals surface area contributed by atoms with Crippen molar-refractivity contribution >= 4 is 45.6 Å². The van der Waals surface area contributed by atoms with Crippen LogP contribution in [0.25, 0.3) is 11.0 Å². The van der Waals surface area contributed by atoms with E-state index in [9.17, 15) is 4.79 Å². The number of nitrogens with zero attached hydrogens (tertiary/aromatic N) is 2. The van der Waals surface area contributed by atoms with E-state index in [1.807, 2.05) is 38.3 Å². The third-order valence-electron chi connectivity index (χ3n) is 2.77. The van der Waals surface area contributed by atoms with Crippen LogP contribution in [-0.2, 0) is 4.79 Å². The molecular weight excluding hydrogens is 318 g/mol. The molecule has 0 saturated heterocycles. The molecule has 0 bridgehead atoms. The predicted octanol–water partition coefficient (Wildman–Crippen LogP) is 1.93. The first-order valence-corrected chi connectivity index (χ1v) is 8.09. The number of nitrogens with one attached hydrogen (secondary N) is 3. The van der Waals surface area contributed by atoms with Crippen molar-refractivity contribution in [3.63, 3.8) is 0 Å². The van der Waals surface area contributed by atoms with Crippen molar-refractivity contribution < 1.29 is 4.79 Å². The number of carbonyl (C=O) groups is 1. The van der Waals surface area contributed by atoms with Gasteiger partial charge in [-0.1, -0.05) is 0 Å². The average Bonchev–Trinajstić information content (AvgIpc) is 2.88. The lowest BCUT2D eigenvalue weighted by atomic mass is 10.3. The van der Waals surface area contributed by atoms with Gasteiger partial charge in [0.1, 0.15) is 0 Å². The van der Waals surface area contributed by atoms with E-state index in [0.717, 1.165) is 16.3 Å². The molecule has 0 spiro atoms. The number of aromatic nitrogens is 2. The van der Waals surface area contributed by atoms with Crippen LogP contribution in [0.1, 0.15) is 30.1 Å². The summed E-state index contributed by atoms with van der Waals surface area (Å²) in [6, 6.07) is 0.206. The zero-order chi connectivity index (χ0) is 16.3. The molecule has 2 rings (SSSR count). The zero-order valence-corrected chi connectivity index (χ0v) is 14.6. The van der Waals surface area contributed by atoms with Gasteiger partial charge in [0, 0.05) is 23.2 Å². The Balaban J connectivity index is 1.99. The summed E-state index contributed by atoms with van der Waals surface area (Å²) in [5.41, 5.74) is 6.95. The van der Waals surface area contributed by atoms with Crippen LogP contribution < -0.4 is 16.2 Å². The van der Waals surface area contributed by atoms with Crippen molar-refractivity contribution in [3.8, 4) is 0 Å². The number of rotatable bonds is 3. The van der Waals surface area contributed by atoms with Crippen molar-refractivity contribution in [1.29, 1.82) is 0 Å². The maximum absolute atomic E-state index is 11.8. The van der Waals surface area contributed by atoms with E-state index in [4.69, 9.17) is 12.2 Å². The summed E-state index contributed by atoms with van der Waals surface area (Å²) in [5.74, 6) is -0.283. The Hall–Kier alpha value is -1.93. The number of carbonyl (C=O) groups excluding carboxylic acids is 1. The van der Waals surface area contributed by atoms with Gasteiger partial charge in [0.05, 0.1) is 11.4 Å². The van der Waals surface area contributed by atoms with Gasteiger partial charge in [-0.05, 0) is 46.0 Å². The molecule has 0 aromatic carbocycles. The van der Waals surface area contributed by atoms with Crippen LogP contribution in [0, 0.1) is 13.8 Å². The Morgan fingerprint density at radius 1 is 1.41 bits per heavy atom. The van der Waals surface area contributed by atoms with Crippen molar-refractivity contribution in [2.75, 3.05) is 0 Å². The maximum atomic E-state index is 11.8. The van der Waals surface area contributed by atoms with Crippen LogP contribution in [-0.4, -0.2) is 26.4 Å². The number of thiocarbonyl (C=S) groups is 1. The van der Waals surface area contributed by atoms with E-state index < -0.39 is 0 Å². The van der Waals surface area contributed by atoms with Crippen LogP contribution in [0.5, 0.6) is 0 Å². The first-order valence-electron chi connectivity index (χ1n) is 6.86. The van der Waals surface area contributed by atoms with Crippen LogP contribution >= 0.6 is 23.6 Å². The highest BCUT2D eigenvalue weighted by atomic mass is 32.1. The molecule has 8 heteroatoms. The van der Waals surface area contributed by atoms with Gasteiger partial charge in [0.2, 0.25) is 0 Å². The molecule has 118 valence electrons. The molecule has 0 fully saturated rings. The van der Waals surface area contributed by atoms with Crippen molar-refractivity contribution in [2.45, 2.75) is 33.7 Å². The fraction of sp³-hybridized carbons (Fsp3) is 0.357. The lowest BCUT2D eigenvalue weighted by Gasteiger charge is -2.12. The Labute approximate surface area is 138 Å². The number of fused-ring (bicyclic) bond motifs is 1. The summed E-state index contributed by atoms with van der Waals surface area (Å²) in [6.07, 6.45) is 5.21. The average molecular weight is 337 g/mol. The molecule has 6 nitrogen and oxygen atoms in total. The molecule has 0 unspecified atom stereocenters. The zero-order valence-electron chi connectivity index (χ0n) is 12.9. The third-order valence-corrected chi connectivity index (χ3v) is 3.89. The minimum atomic E-state index is -0.283. The van der Waals surface area contributed by atoms with Gasteiger partial charge in [-0.15, -0.1) is 11.3 Å². The molecule has 3 N–H and O–H groups in total. The van der Waals surface area contributed by atoms with E-state index >= 15 is 0 Å². The minimum absolute atomic E-state index is 0.206. The molecule has 22 heavy (non-hydrogen) atoms. The standard InChI is InChI=1S/C14H19N5OS2/c1-8(2)15-13(21)18-17-12(20)6-5-11-10(4)16-14-19(11)7-9(3)22-14/h5-8H,1-4H3,(H,17,20)(H2,15,18,21)/b6-5+. The molecule has 0 aliphatic heterocycles. The van der Waals surface area contributed by atoms with Crippen molar-refractivity contribution in [3.05, 3.63) is 28.5 Å². The summed E-state index contributed by atoms with van der Waals surface area (Å²) >= 11 is 6.65.